The molecule has 9 aromatic rings. The predicted molar refractivity (Wildman–Crippen MR) is 224 cm³/mol. The van der Waals surface area contributed by atoms with Crippen molar-refractivity contribution in [3.05, 3.63) is 186 Å². The van der Waals surface area contributed by atoms with E-state index in [1.165, 1.54) is 55.2 Å². The molecule has 11 rings (SSSR count). The molecule has 4 aromatic heterocycles. The molecule has 6 nitrogen and oxygen atoms in total. The lowest BCUT2D eigenvalue weighted by Crippen LogP contribution is -2.36. The van der Waals surface area contributed by atoms with E-state index in [0.29, 0.717) is 0 Å². The summed E-state index contributed by atoms with van der Waals surface area (Å²) in [6.07, 6.45) is 13.7. The molecule has 5 heterocycles. The molecule has 1 aliphatic carbocycles. The van der Waals surface area contributed by atoms with Crippen LogP contribution in [0.3, 0.4) is 0 Å². The number of para-hydroxylation sites is 1. The van der Waals surface area contributed by atoms with E-state index >= 15 is 0 Å². The fraction of sp³-hybridized carbons (Fsp3) is 0.0417. The average Bonchev–Trinajstić information content (AvgIpc) is 4.08. The number of nitrogens with one attached hydrogen (secondary N) is 2. The molecule has 0 saturated heterocycles. The van der Waals surface area contributed by atoms with Gasteiger partial charge in [0.25, 0.3) is 6.21 Å². The largest absolute Gasteiger partial charge is 0.405 e. The third-order valence-electron chi connectivity index (χ3n) is 11.6. The van der Waals surface area contributed by atoms with Crippen molar-refractivity contribution in [1.82, 2.24) is 23.8 Å². The Balaban J connectivity index is 1.04. The van der Waals surface area contributed by atoms with Crippen LogP contribution >= 0.6 is 0 Å². The van der Waals surface area contributed by atoms with Crippen LogP contribution in [0.15, 0.2) is 158 Å². The fourth-order valence-corrected chi connectivity index (χ4v) is 9.29. The van der Waals surface area contributed by atoms with Gasteiger partial charge in [-0.25, -0.2) is 0 Å². The molecule has 6 heteroatoms. The van der Waals surface area contributed by atoms with E-state index in [-0.39, 0.29) is 0 Å². The maximum atomic E-state index is 5.79. The summed E-state index contributed by atoms with van der Waals surface area (Å²) in [5.41, 5.74) is 22.6. The number of aromatic nitrogens is 4. The van der Waals surface area contributed by atoms with Crippen LogP contribution in [0.25, 0.3) is 72.5 Å². The van der Waals surface area contributed by atoms with E-state index in [0.717, 1.165) is 45.1 Å². The third kappa shape index (κ3) is 4.03. The van der Waals surface area contributed by atoms with Crippen LogP contribution in [-0.2, 0) is 5.41 Å². The summed E-state index contributed by atoms with van der Waals surface area (Å²) < 4.78 is 9.63. The molecular formula is C48H35N6+. The van der Waals surface area contributed by atoms with E-state index in [2.05, 4.69) is 159 Å². The van der Waals surface area contributed by atoms with Crippen LogP contribution in [0.2, 0.25) is 0 Å². The first-order chi connectivity index (χ1) is 26.7. The second-order valence-corrected chi connectivity index (χ2v) is 14.2. The summed E-state index contributed by atoms with van der Waals surface area (Å²) in [7, 11) is 0. The zero-order valence-corrected chi connectivity index (χ0v) is 29.6. The minimum absolute atomic E-state index is 0.551. The Morgan fingerprint density at radius 2 is 1.41 bits per heavy atom. The number of nitrogens with two attached hydrogens (primary N) is 1. The van der Waals surface area contributed by atoms with Crippen LogP contribution in [0, 0.1) is 6.92 Å². The molecule has 5 aromatic carbocycles. The molecule has 256 valence electrons. The summed E-state index contributed by atoms with van der Waals surface area (Å²) in [6.45, 7) is 2.14. The molecule has 0 spiro atoms. The highest BCUT2D eigenvalue weighted by molar-refractivity contribution is 6.19. The van der Waals surface area contributed by atoms with Gasteiger partial charge in [-0.3, -0.25) is 4.57 Å². The molecule has 54 heavy (non-hydrogen) atoms. The van der Waals surface area contributed by atoms with Crippen LogP contribution in [0.4, 0.5) is 0 Å². The summed E-state index contributed by atoms with van der Waals surface area (Å²) >= 11 is 0. The summed E-state index contributed by atoms with van der Waals surface area (Å²) in [5.74, 6) is 0. The van der Waals surface area contributed by atoms with Gasteiger partial charge in [0.05, 0.1) is 11.0 Å². The van der Waals surface area contributed by atoms with Gasteiger partial charge in [0.1, 0.15) is 5.65 Å². The van der Waals surface area contributed by atoms with Gasteiger partial charge in [0, 0.05) is 69.0 Å². The number of hydrogen-bond donors (Lipinski definition) is 3. The molecule has 0 saturated carbocycles. The second kappa shape index (κ2) is 11.4. The number of fused-ring (bicyclic) bond motifs is 7. The predicted octanol–water partition coefficient (Wildman–Crippen LogP) is 9.75. The van der Waals surface area contributed by atoms with Crippen molar-refractivity contribution in [3.8, 4) is 33.6 Å². The van der Waals surface area contributed by atoms with Gasteiger partial charge in [-0.15, -0.1) is 0 Å². The Hall–Kier alpha value is -7.27. The number of benzene rings is 5. The molecule has 1 atom stereocenters. The smallest absolute Gasteiger partial charge is 0.324 e. The van der Waals surface area contributed by atoms with Gasteiger partial charge in [-0.2, -0.15) is 0 Å². The Labute approximate surface area is 311 Å². The zero-order valence-electron chi connectivity index (χ0n) is 29.6. The van der Waals surface area contributed by atoms with Gasteiger partial charge < -0.3 is 20.3 Å². The lowest BCUT2D eigenvalue weighted by Gasteiger charge is -2.25. The second-order valence-electron chi connectivity index (χ2n) is 14.2. The fourth-order valence-electron chi connectivity index (χ4n) is 9.29. The number of rotatable bonds is 6. The van der Waals surface area contributed by atoms with Crippen molar-refractivity contribution in [1.29, 1.82) is 0 Å². The first kappa shape index (κ1) is 30.4. The normalized spacial score (nSPS) is 16.0. The van der Waals surface area contributed by atoms with Gasteiger partial charge in [0.2, 0.25) is 0 Å². The van der Waals surface area contributed by atoms with E-state index in [1.54, 1.807) is 6.20 Å². The maximum absolute atomic E-state index is 5.79. The Bertz CT molecular complexity index is 3080. The molecule has 0 radical (unpaired) electrons. The quantitative estimate of drug-likeness (QED) is 0.149. The Morgan fingerprint density at radius 1 is 0.648 bits per heavy atom. The van der Waals surface area contributed by atoms with E-state index in [9.17, 15) is 0 Å². The van der Waals surface area contributed by atoms with Gasteiger partial charge in [-0.1, -0.05) is 71.4 Å². The van der Waals surface area contributed by atoms with Crippen molar-refractivity contribution in [3.63, 3.8) is 0 Å². The first-order valence-electron chi connectivity index (χ1n) is 18.3. The number of allylic oxidation sites excluding steroid dienone is 2. The van der Waals surface area contributed by atoms with E-state index in [4.69, 9.17) is 10.4 Å². The van der Waals surface area contributed by atoms with Crippen LogP contribution < -0.4 is 10.4 Å². The highest BCUT2D eigenvalue weighted by atomic mass is 15.1. The summed E-state index contributed by atoms with van der Waals surface area (Å²) in [5, 5.41) is 3.61. The third-order valence-corrected chi connectivity index (χ3v) is 11.6. The Kier molecular flexibility index (Phi) is 6.39. The van der Waals surface area contributed by atoms with Crippen molar-refractivity contribution in [2.24, 2.45) is 5.73 Å². The average molecular weight is 696 g/mol. The van der Waals surface area contributed by atoms with Crippen molar-refractivity contribution in [2.45, 2.75) is 12.3 Å². The monoisotopic (exact) mass is 695 g/mol. The van der Waals surface area contributed by atoms with E-state index < -0.39 is 5.41 Å². The van der Waals surface area contributed by atoms with Gasteiger partial charge in [0.15, 0.2) is 5.41 Å². The lowest BCUT2D eigenvalue weighted by atomic mass is 9.71. The topological polar surface area (TPSA) is 81.6 Å². The minimum Gasteiger partial charge on any atom is -0.405 e. The van der Waals surface area contributed by atoms with Crippen molar-refractivity contribution >= 4 is 50.8 Å². The summed E-state index contributed by atoms with van der Waals surface area (Å²) in [4.78, 5) is 7.01. The zero-order chi connectivity index (χ0) is 36.0. The van der Waals surface area contributed by atoms with Crippen LogP contribution in [0.1, 0.15) is 28.1 Å². The van der Waals surface area contributed by atoms with Gasteiger partial charge in [-0.05, 0) is 113 Å². The molecule has 2 aliphatic rings. The molecule has 1 aliphatic heterocycles. The van der Waals surface area contributed by atoms with Crippen LogP contribution in [0.5, 0.6) is 0 Å². The van der Waals surface area contributed by atoms with Gasteiger partial charge >= 0.3 is 5.71 Å². The number of H-pyrrole nitrogens is 2. The first-order valence-corrected chi connectivity index (χ1v) is 18.3. The molecule has 0 bridgehead atoms. The standard InChI is InChI=1S/C48H35N6/c1-30-35(22-24-49)38-23-27-52-47(38)53(30)33-18-14-31(15-19-33)32-16-20-34(21-17-32)54-43-11-5-3-9-37(43)40-28-42-39(29-44(40)54)36-8-2-4-10-41(36)48(42,45-12-6-25-50-45)46-13-7-26-51-46/h2-29,50,52H,49H2,1H3/q+1/b24-22-. The SMILES string of the molecule is Cc1c(/C=C\N)c2cc[nH]c2n1-c1ccc(-c2ccc(-n3c4ccccc4c4cc5c(cc43)-c3ccccc3C5(C3=[N+]=CC=C3)c3ccc[nH]3)cc2)cc1. The molecule has 4 N–H and O–H groups in total. The molecule has 0 amide bonds. The number of aromatic amines is 2. The van der Waals surface area contributed by atoms with Crippen molar-refractivity contribution in [2.75, 3.05) is 0 Å². The number of nitrogens with zero attached hydrogens (tertiary/aromatic N) is 3. The minimum atomic E-state index is -0.551. The van der Waals surface area contributed by atoms with Crippen molar-refractivity contribution < 1.29 is 0 Å². The molecule has 1 unspecified atom stereocenters. The number of hydrogen-bond acceptors (Lipinski definition) is 1. The molecule has 0 fully saturated rings. The molecular weight excluding hydrogens is 661 g/mol. The summed E-state index contributed by atoms with van der Waals surface area (Å²) in [6, 6.07) is 46.6. The Morgan fingerprint density at radius 3 is 2.15 bits per heavy atom. The van der Waals surface area contributed by atoms with E-state index in [1.807, 2.05) is 30.8 Å². The highest BCUT2D eigenvalue weighted by Crippen LogP contribution is 2.54. The van der Waals surface area contributed by atoms with Crippen LogP contribution in [-0.4, -0.2) is 31.0 Å². The highest BCUT2D eigenvalue weighted by Gasteiger charge is 2.54. The maximum Gasteiger partial charge on any atom is 0.324 e. The lowest BCUT2D eigenvalue weighted by molar-refractivity contribution is 0.826.